The first-order valence-electron chi connectivity index (χ1n) is 3.70. The molecule has 0 aliphatic heterocycles. The van der Waals surface area contributed by atoms with Gasteiger partial charge in [-0.3, -0.25) is 0 Å². The van der Waals surface area contributed by atoms with Crippen LogP contribution >= 0.6 is 17.9 Å². The Bertz CT molecular complexity index is 163. The van der Waals surface area contributed by atoms with Crippen molar-refractivity contribution in [3.05, 3.63) is 0 Å². The van der Waals surface area contributed by atoms with Crippen LogP contribution in [0.15, 0.2) is 0 Å². The molecule has 0 aromatic rings. The van der Waals surface area contributed by atoms with Crippen molar-refractivity contribution < 1.29 is 32.2 Å². The summed E-state index contributed by atoms with van der Waals surface area (Å²) >= 11 is 9.87. The second-order valence-electron chi connectivity index (χ2n) is 2.78. The molecule has 0 rings (SSSR count). The molecule has 0 aliphatic carbocycles. The van der Waals surface area contributed by atoms with Crippen molar-refractivity contribution in [1.82, 2.24) is 0 Å². The standard InChI is InChI=1S/C6H15O2PS2.Mo.O/c1-5(2)7-9(10,11)8-6(3)4;;/h5-6H,1-4H3,(H,10,11);;. The fourth-order valence-corrected chi connectivity index (χ4v) is 3.84. The van der Waals surface area contributed by atoms with Gasteiger partial charge >= 0.3 is 23.2 Å². The van der Waals surface area contributed by atoms with Crippen LogP contribution in [0.3, 0.4) is 0 Å². The third kappa shape index (κ3) is 13.4. The van der Waals surface area contributed by atoms with E-state index in [2.05, 4.69) is 12.2 Å². The summed E-state index contributed by atoms with van der Waals surface area (Å²) in [5, 5.41) is 0. The number of hydrogen-bond acceptors (Lipinski definition) is 4. The van der Waals surface area contributed by atoms with Crippen LogP contribution in [0.5, 0.6) is 0 Å². The first-order valence-corrected chi connectivity index (χ1v) is 8.31. The van der Waals surface area contributed by atoms with Gasteiger partial charge in [-0.05, 0) is 39.5 Å². The SMILES string of the molecule is CC(C)OP(=S)(S)OC(C)C.[O]=[Mo]. The van der Waals surface area contributed by atoms with Crippen LogP contribution in [0.1, 0.15) is 27.7 Å². The molecule has 0 aliphatic rings. The van der Waals surface area contributed by atoms with E-state index in [4.69, 9.17) is 24.3 Å². The number of rotatable bonds is 4. The van der Waals surface area contributed by atoms with Crippen molar-refractivity contribution in [1.29, 1.82) is 0 Å². The van der Waals surface area contributed by atoms with E-state index >= 15 is 0 Å². The minimum absolute atomic E-state index is 0.0806. The summed E-state index contributed by atoms with van der Waals surface area (Å²) in [5.41, 5.74) is -2.28. The summed E-state index contributed by atoms with van der Waals surface area (Å²) in [4.78, 5) is 0. The third-order valence-corrected chi connectivity index (χ3v) is 3.15. The van der Waals surface area contributed by atoms with E-state index in [1.165, 1.54) is 0 Å². The third-order valence-electron chi connectivity index (χ3n) is 0.688. The van der Waals surface area contributed by atoms with Crippen LogP contribution in [0.4, 0.5) is 0 Å². The molecule has 0 amide bonds. The van der Waals surface area contributed by atoms with Gasteiger partial charge in [0.25, 0.3) is 0 Å². The average Bonchev–Trinajstić information content (AvgIpc) is 1.85. The number of thiol groups is 1. The van der Waals surface area contributed by atoms with E-state index in [0.717, 1.165) is 0 Å². The summed E-state index contributed by atoms with van der Waals surface area (Å²) in [6.45, 7) is 7.67. The Morgan fingerprint density at radius 1 is 1.15 bits per heavy atom. The average molecular weight is 326 g/mol. The van der Waals surface area contributed by atoms with Gasteiger partial charge in [-0.1, -0.05) is 12.2 Å². The molecule has 80 valence electrons. The molecule has 0 heterocycles. The predicted molar refractivity (Wildman–Crippen MR) is 56.4 cm³/mol. The van der Waals surface area contributed by atoms with E-state index in [-0.39, 0.29) is 12.2 Å². The molecule has 0 atom stereocenters. The summed E-state index contributed by atoms with van der Waals surface area (Å²) in [6.07, 6.45) is 0.161. The minimum atomic E-state index is -2.28. The molecule has 13 heavy (non-hydrogen) atoms. The van der Waals surface area contributed by atoms with Crippen molar-refractivity contribution in [2.75, 3.05) is 0 Å². The van der Waals surface area contributed by atoms with E-state index in [1.807, 2.05) is 27.7 Å². The second kappa shape index (κ2) is 8.70. The Balaban J connectivity index is 0. The molecule has 0 spiro atoms. The van der Waals surface area contributed by atoms with Crippen LogP contribution < -0.4 is 0 Å². The molecular formula is C6H15MoO3PS2. The molecular weight excluding hydrogens is 311 g/mol. The van der Waals surface area contributed by atoms with Gasteiger partial charge < -0.3 is 9.05 Å². The van der Waals surface area contributed by atoms with Crippen LogP contribution in [0.2, 0.25) is 0 Å². The molecule has 0 aromatic carbocycles. The fourth-order valence-electron chi connectivity index (χ4n) is 0.558. The summed E-state index contributed by atoms with van der Waals surface area (Å²) in [5.74, 6) is 0. The Labute approximate surface area is 101 Å². The maximum atomic E-state index is 8.26. The van der Waals surface area contributed by atoms with Gasteiger partial charge in [0.1, 0.15) is 0 Å². The molecule has 0 saturated carbocycles. The quantitative estimate of drug-likeness (QED) is 0.490. The molecule has 0 bridgehead atoms. The summed E-state index contributed by atoms with van der Waals surface area (Å²) in [7, 11) is 0. The van der Waals surface area contributed by atoms with Crippen LogP contribution in [0, 0.1) is 0 Å². The van der Waals surface area contributed by atoms with E-state index < -0.39 is 5.69 Å². The topological polar surface area (TPSA) is 35.5 Å². The van der Waals surface area contributed by atoms with Crippen molar-refractivity contribution in [2.24, 2.45) is 0 Å². The molecule has 0 radical (unpaired) electrons. The zero-order valence-corrected chi connectivity index (χ0v) is 12.7. The monoisotopic (exact) mass is 328 g/mol. The van der Waals surface area contributed by atoms with Gasteiger partial charge in [-0.2, -0.15) is 0 Å². The van der Waals surface area contributed by atoms with Crippen LogP contribution in [-0.4, -0.2) is 12.2 Å². The van der Waals surface area contributed by atoms with Crippen molar-refractivity contribution in [2.45, 2.75) is 39.9 Å². The maximum absolute atomic E-state index is 8.26. The van der Waals surface area contributed by atoms with Gasteiger partial charge in [0.2, 0.25) is 5.69 Å². The van der Waals surface area contributed by atoms with Crippen molar-refractivity contribution in [3.63, 3.8) is 0 Å². The molecule has 0 unspecified atom stereocenters. The van der Waals surface area contributed by atoms with Gasteiger partial charge in [-0.25, -0.2) is 0 Å². The van der Waals surface area contributed by atoms with Crippen molar-refractivity contribution in [3.8, 4) is 0 Å². The van der Waals surface area contributed by atoms with Crippen molar-refractivity contribution >= 4 is 29.7 Å². The fraction of sp³-hybridized carbons (Fsp3) is 1.00. The van der Waals surface area contributed by atoms with Gasteiger partial charge in [0.05, 0.1) is 12.2 Å². The Morgan fingerprint density at radius 2 is 1.38 bits per heavy atom. The zero-order chi connectivity index (χ0) is 11.1. The zero-order valence-electron chi connectivity index (χ0n) is 8.09. The predicted octanol–water partition coefficient (Wildman–Crippen LogP) is 2.87. The van der Waals surface area contributed by atoms with Crippen LogP contribution in [0.25, 0.3) is 0 Å². The van der Waals surface area contributed by atoms with E-state index in [1.54, 1.807) is 0 Å². The van der Waals surface area contributed by atoms with E-state index in [0.29, 0.717) is 19.8 Å². The molecule has 0 fully saturated rings. The normalized spacial score (nSPS) is 11.3. The molecule has 7 heteroatoms. The molecule has 0 N–H and O–H groups in total. The molecule has 3 nitrogen and oxygen atoms in total. The summed E-state index contributed by atoms with van der Waals surface area (Å²) in [6, 6.07) is 0. The number of hydrogen-bond donors (Lipinski definition) is 1. The Morgan fingerprint density at radius 3 is 1.54 bits per heavy atom. The van der Waals surface area contributed by atoms with E-state index in [9.17, 15) is 0 Å². The Kier molecular flexibility index (Phi) is 11.3. The van der Waals surface area contributed by atoms with Gasteiger partial charge in [0, 0.05) is 0 Å². The second-order valence-corrected chi connectivity index (χ2v) is 7.97. The van der Waals surface area contributed by atoms with Gasteiger partial charge in [0.15, 0.2) is 0 Å². The molecule has 0 saturated heterocycles. The van der Waals surface area contributed by atoms with Gasteiger partial charge in [-0.15, -0.1) is 0 Å². The van der Waals surface area contributed by atoms with Crippen LogP contribution in [-0.2, 0) is 44.0 Å². The Hall–Kier alpha value is 1.41. The first kappa shape index (κ1) is 16.8. The summed E-state index contributed by atoms with van der Waals surface area (Å²) < 4.78 is 18.9. The molecule has 0 aromatic heterocycles. The first-order chi connectivity index (χ1) is 5.83.